The number of nitrogens with zero attached hydrogens (tertiary/aromatic N) is 1. The molecule has 8 nitrogen and oxygen atoms in total. The minimum absolute atomic E-state index is 0.0708. The maximum absolute atomic E-state index is 12.2. The smallest absolute Gasteiger partial charge is 0.274 e. The molecule has 0 unspecified atom stereocenters. The Labute approximate surface area is 122 Å². The number of nitrogens with one attached hydrogen (secondary N) is 1. The second-order valence-corrected chi connectivity index (χ2v) is 4.80. The van der Waals surface area contributed by atoms with Crippen molar-refractivity contribution in [3.05, 3.63) is 17.0 Å². The van der Waals surface area contributed by atoms with Gasteiger partial charge in [0.15, 0.2) is 5.69 Å². The second kappa shape index (κ2) is 7.51. The van der Waals surface area contributed by atoms with Crippen molar-refractivity contribution in [2.75, 3.05) is 26.4 Å². The van der Waals surface area contributed by atoms with Gasteiger partial charge in [0.2, 0.25) is 0 Å². The number of hydrogen-bond acceptors (Lipinski definition) is 7. The van der Waals surface area contributed by atoms with E-state index in [-0.39, 0.29) is 37.7 Å². The van der Waals surface area contributed by atoms with Gasteiger partial charge >= 0.3 is 0 Å². The number of aryl methyl sites for hydroxylation is 1. The highest BCUT2D eigenvalue weighted by Gasteiger charge is 2.30. The first-order valence-electron chi connectivity index (χ1n) is 6.84. The molecule has 0 aliphatic carbocycles. The van der Waals surface area contributed by atoms with Crippen LogP contribution in [0.5, 0.6) is 0 Å². The maximum Gasteiger partial charge on any atom is 0.274 e. The average Bonchev–Trinajstić information content (AvgIpc) is 2.87. The minimum atomic E-state index is -0.441. The summed E-state index contributed by atoms with van der Waals surface area (Å²) in [5, 5.41) is 24.5. The summed E-state index contributed by atoms with van der Waals surface area (Å²) in [6, 6.07) is -0.332. The number of carbonyl (C=O) groups is 1. The number of rotatable bonds is 6. The van der Waals surface area contributed by atoms with Gasteiger partial charge in [-0.3, -0.25) is 4.79 Å². The summed E-state index contributed by atoms with van der Waals surface area (Å²) in [6.45, 7) is 2.33. The molecular formula is C13H20N2O6. The van der Waals surface area contributed by atoms with Crippen LogP contribution in [0, 0.1) is 6.92 Å². The first-order valence-corrected chi connectivity index (χ1v) is 6.84. The lowest BCUT2D eigenvalue weighted by atomic mass is 10.1. The van der Waals surface area contributed by atoms with Gasteiger partial charge in [-0.05, 0) is 13.3 Å². The number of carbonyl (C=O) groups excluding carboxylic acids is 1. The molecule has 1 amide bonds. The summed E-state index contributed by atoms with van der Waals surface area (Å²) in [6.07, 6.45) is 0.413. The van der Waals surface area contributed by atoms with Crippen LogP contribution in [0.15, 0.2) is 4.52 Å². The van der Waals surface area contributed by atoms with Crippen LogP contribution >= 0.6 is 0 Å². The molecule has 0 saturated carbocycles. The van der Waals surface area contributed by atoms with Crippen LogP contribution in [0.3, 0.4) is 0 Å². The van der Waals surface area contributed by atoms with Crippen molar-refractivity contribution in [1.82, 2.24) is 10.5 Å². The van der Waals surface area contributed by atoms with E-state index < -0.39 is 5.91 Å². The third-order valence-corrected chi connectivity index (χ3v) is 3.39. The molecule has 1 saturated heterocycles. The fourth-order valence-corrected chi connectivity index (χ4v) is 2.25. The molecule has 0 bridgehead atoms. The molecule has 0 spiro atoms. The van der Waals surface area contributed by atoms with Gasteiger partial charge in [0.25, 0.3) is 5.91 Å². The maximum atomic E-state index is 12.2. The van der Waals surface area contributed by atoms with Gasteiger partial charge in [0, 0.05) is 6.61 Å². The highest BCUT2D eigenvalue weighted by atomic mass is 16.5. The van der Waals surface area contributed by atoms with Crippen molar-refractivity contribution in [2.45, 2.75) is 32.1 Å². The highest BCUT2D eigenvalue weighted by Crippen LogP contribution is 2.16. The fraction of sp³-hybridized carbons (Fsp3) is 0.692. The molecule has 0 aromatic carbocycles. The van der Waals surface area contributed by atoms with E-state index in [0.717, 1.165) is 0 Å². The molecule has 1 aliphatic heterocycles. The zero-order valence-electron chi connectivity index (χ0n) is 11.9. The predicted octanol–water partition coefficient (Wildman–Crippen LogP) is -0.628. The van der Waals surface area contributed by atoms with E-state index in [9.17, 15) is 9.90 Å². The van der Waals surface area contributed by atoms with Crippen LogP contribution in [-0.2, 0) is 16.1 Å². The molecule has 8 heteroatoms. The third kappa shape index (κ3) is 3.79. The largest absolute Gasteiger partial charge is 0.394 e. The predicted molar refractivity (Wildman–Crippen MR) is 70.7 cm³/mol. The Kier molecular flexibility index (Phi) is 5.68. The van der Waals surface area contributed by atoms with Gasteiger partial charge in [0.05, 0.1) is 44.1 Å². The Morgan fingerprint density at radius 1 is 1.52 bits per heavy atom. The zero-order valence-corrected chi connectivity index (χ0v) is 11.9. The summed E-state index contributed by atoms with van der Waals surface area (Å²) in [5.41, 5.74) is 0.443. The highest BCUT2D eigenvalue weighted by molar-refractivity contribution is 5.94. The minimum Gasteiger partial charge on any atom is -0.394 e. The number of aliphatic hydroxyl groups excluding tert-OH is 2. The van der Waals surface area contributed by atoms with E-state index in [1.807, 2.05) is 0 Å². The van der Waals surface area contributed by atoms with Crippen LogP contribution in [0.1, 0.15) is 28.2 Å². The van der Waals surface area contributed by atoms with Crippen LogP contribution in [-0.4, -0.2) is 59.9 Å². The zero-order chi connectivity index (χ0) is 15.2. The molecule has 1 aromatic rings. The number of aliphatic hydroxyl groups is 2. The van der Waals surface area contributed by atoms with Crippen molar-refractivity contribution < 1.29 is 29.0 Å². The monoisotopic (exact) mass is 300 g/mol. The third-order valence-electron chi connectivity index (χ3n) is 3.39. The standard InChI is InChI=1S/C13H20N2O6/c1-8-9(6-17)12(15-21-8)13(18)14-10-7-19-4-2-11(10)20-5-3-16/h10-11,16-17H,2-7H2,1H3,(H,14,18)/t10-,11+/m1/s1. The van der Waals surface area contributed by atoms with E-state index >= 15 is 0 Å². The van der Waals surface area contributed by atoms with Gasteiger partial charge in [0.1, 0.15) is 5.76 Å². The Bertz CT molecular complexity index is 475. The van der Waals surface area contributed by atoms with Crippen molar-refractivity contribution in [1.29, 1.82) is 0 Å². The molecule has 118 valence electrons. The Morgan fingerprint density at radius 2 is 2.33 bits per heavy atom. The van der Waals surface area contributed by atoms with E-state index in [1.165, 1.54) is 0 Å². The number of aromatic nitrogens is 1. The first-order chi connectivity index (χ1) is 10.2. The molecule has 0 radical (unpaired) electrons. The van der Waals surface area contributed by atoms with Gasteiger partial charge < -0.3 is 29.5 Å². The number of amides is 1. The molecule has 1 aromatic heterocycles. The van der Waals surface area contributed by atoms with E-state index in [4.69, 9.17) is 19.1 Å². The molecule has 3 N–H and O–H groups in total. The van der Waals surface area contributed by atoms with E-state index in [0.29, 0.717) is 31.0 Å². The first kappa shape index (κ1) is 15.9. The van der Waals surface area contributed by atoms with Crippen molar-refractivity contribution >= 4 is 5.91 Å². The Balaban J connectivity index is 2.02. The molecule has 21 heavy (non-hydrogen) atoms. The lowest BCUT2D eigenvalue weighted by molar-refractivity contribution is -0.0612. The SMILES string of the molecule is Cc1onc(C(=O)N[C@@H]2COCC[C@@H]2OCCO)c1CO. The topological polar surface area (TPSA) is 114 Å². The summed E-state index contributed by atoms with van der Waals surface area (Å²) in [4.78, 5) is 12.2. The van der Waals surface area contributed by atoms with Crippen molar-refractivity contribution in [3.63, 3.8) is 0 Å². The molecule has 2 atom stereocenters. The van der Waals surface area contributed by atoms with Crippen molar-refractivity contribution in [2.24, 2.45) is 0 Å². The fourth-order valence-electron chi connectivity index (χ4n) is 2.25. The lowest BCUT2D eigenvalue weighted by Gasteiger charge is -2.31. The molecule has 2 rings (SSSR count). The molecule has 1 fully saturated rings. The van der Waals surface area contributed by atoms with Crippen LogP contribution in [0.2, 0.25) is 0 Å². The summed E-state index contributed by atoms with van der Waals surface area (Å²) in [7, 11) is 0. The molecule has 2 heterocycles. The van der Waals surface area contributed by atoms with E-state index in [2.05, 4.69) is 10.5 Å². The van der Waals surface area contributed by atoms with Crippen LogP contribution < -0.4 is 5.32 Å². The number of hydrogen-bond donors (Lipinski definition) is 3. The number of ether oxygens (including phenoxy) is 2. The van der Waals surface area contributed by atoms with Gasteiger partial charge in [-0.1, -0.05) is 5.16 Å². The normalized spacial score (nSPS) is 22.2. The van der Waals surface area contributed by atoms with Gasteiger partial charge in [-0.2, -0.15) is 0 Å². The summed E-state index contributed by atoms with van der Waals surface area (Å²) < 4.78 is 15.8. The average molecular weight is 300 g/mol. The Morgan fingerprint density at radius 3 is 3.05 bits per heavy atom. The quantitative estimate of drug-likeness (QED) is 0.641. The van der Waals surface area contributed by atoms with Gasteiger partial charge in [-0.25, -0.2) is 0 Å². The summed E-state index contributed by atoms with van der Waals surface area (Å²) >= 11 is 0. The second-order valence-electron chi connectivity index (χ2n) is 4.80. The molecular weight excluding hydrogens is 280 g/mol. The van der Waals surface area contributed by atoms with Crippen molar-refractivity contribution in [3.8, 4) is 0 Å². The van der Waals surface area contributed by atoms with Crippen LogP contribution in [0.25, 0.3) is 0 Å². The Hall–Kier alpha value is -1.48. The van der Waals surface area contributed by atoms with Crippen LogP contribution in [0.4, 0.5) is 0 Å². The lowest BCUT2D eigenvalue weighted by Crippen LogP contribution is -2.51. The van der Waals surface area contributed by atoms with E-state index in [1.54, 1.807) is 6.92 Å². The summed E-state index contributed by atoms with van der Waals surface area (Å²) in [5.74, 6) is -0.0281. The van der Waals surface area contributed by atoms with Gasteiger partial charge in [-0.15, -0.1) is 0 Å². The molecule has 1 aliphatic rings.